The average Bonchev–Trinajstić information content (AvgIpc) is 2.53. The number of aliphatic hydroxyl groups is 1. The number of methoxy groups -OCH3 is 1. The molecule has 1 N–H and O–H groups in total. The van der Waals surface area contributed by atoms with E-state index in [0.717, 1.165) is 6.42 Å². The zero-order chi connectivity index (χ0) is 15.2. The fraction of sp³-hybridized carbons (Fsp3) is 0.294. The second kappa shape index (κ2) is 7.09. The van der Waals surface area contributed by atoms with Crippen LogP contribution in [0.3, 0.4) is 0 Å². The van der Waals surface area contributed by atoms with Crippen LogP contribution in [0.2, 0.25) is 0 Å². The smallest absolute Gasteiger partial charge is 0.165 e. The molecule has 0 fully saturated rings. The molecule has 0 aromatic heterocycles. The maximum Gasteiger partial charge on any atom is 0.165 e. The van der Waals surface area contributed by atoms with Crippen LogP contribution in [0.5, 0.6) is 11.5 Å². The van der Waals surface area contributed by atoms with E-state index < -0.39 is 11.9 Å². The molecular weight excluding hydrogens is 271 g/mol. The first-order valence-electron chi connectivity index (χ1n) is 6.90. The Kier molecular flexibility index (Phi) is 5.17. The van der Waals surface area contributed by atoms with Crippen LogP contribution < -0.4 is 9.47 Å². The van der Waals surface area contributed by atoms with Gasteiger partial charge in [-0.1, -0.05) is 31.2 Å². The lowest BCUT2D eigenvalue weighted by Crippen LogP contribution is -2.05. The van der Waals surface area contributed by atoms with Crippen molar-refractivity contribution in [3.05, 3.63) is 59.4 Å². The van der Waals surface area contributed by atoms with Crippen LogP contribution in [-0.2, 0) is 0 Å². The lowest BCUT2D eigenvalue weighted by Gasteiger charge is -2.17. The monoisotopic (exact) mass is 290 g/mol. The summed E-state index contributed by atoms with van der Waals surface area (Å²) in [5, 5.41) is 10.5. The molecule has 1 atom stereocenters. The van der Waals surface area contributed by atoms with E-state index in [1.807, 2.05) is 25.1 Å². The Balaban J connectivity index is 2.33. The van der Waals surface area contributed by atoms with Crippen LogP contribution >= 0.6 is 0 Å². The summed E-state index contributed by atoms with van der Waals surface area (Å²) >= 11 is 0. The van der Waals surface area contributed by atoms with Crippen LogP contribution in [-0.4, -0.2) is 18.8 Å². The molecule has 2 aromatic rings. The van der Waals surface area contributed by atoms with E-state index in [2.05, 4.69) is 0 Å². The number of rotatable bonds is 6. The molecule has 0 radical (unpaired) electrons. The van der Waals surface area contributed by atoms with Crippen molar-refractivity contribution in [2.75, 3.05) is 13.7 Å². The van der Waals surface area contributed by atoms with E-state index in [4.69, 9.17) is 9.47 Å². The predicted octanol–water partition coefficient (Wildman–Crippen LogP) is 3.70. The van der Waals surface area contributed by atoms with Gasteiger partial charge >= 0.3 is 0 Å². The Morgan fingerprint density at radius 1 is 1.14 bits per heavy atom. The zero-order valence-electron chi connectivity index (χ0n) is 12.2. The van der Waals surface area contributed by atoms with Crippen LogP contribution in [0.25, 0.3) is 0 Å². The third-order valence-corrected chi connectivity index (χ3v) is 3.17. The normalized spacial score (nSPS) is 12.0. The maximum atomic E-state index is 13.5. The minimum absolute atomic E-state index is 0.110. The van der Waals surface area contributed by atoms with Gasteiger partial charge in [0, 0.05) is 5.56 Å². The van der Waals surface area contributed by atoms with Crippen molar-refractivity contribution in [1.82, 2.24) is 0 Å². The number of para-hydroxylation sites is 1. The highest BCUT2D eigenvalue weighted by Gasteiger charge is 2.17. The average molecular weight is 290 g/mol. The zero-order valence-corrected chi connectivity index (χ0v) is 12.2. The van der Waals surface area contributed by atoms with E-state index in [9.17, 15) is 9.50 Å². The Labute approximate surface area is 124 Å². The molecule has 3 nitrogen and oxygen atoms in total. The summed E-state index contributed by atoms with van der Waals surface area (Å²) in [5.74, 6) is 0.289. The van der Waals surface area contributed by atoms with Gasteiger partial charge in [0.05, 0.1) is 13.7 Å². The molecule has 1 unspecified atom stereocenters. The molecule has 2 rings (SSSR count). The lowest BCUT2D eigenvalue weighted by atomic mass is 10.0. The predicted molar refractivity (Wildman–Crippen MR) is 79.2 cm³/mol. The summed E-state index contributed by atoms with van der Waals surface area (Å²) in [6.07, 6.45) is -0.0121. The molecule has 0 heterocycles. The highest BCUT2D eigenvalue weighted by Crippen LogP contribution is 2.32. The second-order valence-corrected chi connectivity index (χ2v) is 4.68. The van der Waals surface area contributed by atoms with Crippen LogP contribution in [0.4, 0.5) is 4.39 Å². The summed E-state index contributed by atoms with van der Waals surface area (Å²) < 4.78 is 24.0. The Morgan fingerprint density at radius 2 is 1.90 bits per heavy atom. The summed E-state index contributed by atoms with van der Waals surface area (Å²) in [7, 11) is 1.40. The highest BCUT2D eigenvalue weighted by atomic mass is 19.1. The molecule has 112 valence electrons. The van der Waals surface area contributed by atoms with Gasteiger partial charge in [0.1, 0.15) is 11.9 Å². The number of aliphatic hydroxyl groups excluding tert-OH is 1. The van der Waals surface area contributed by atoms with Gasteiger partial charge < -0.3 is 14.6 Å². The summed E-state index contributed by atoms with van der Waals surface area (Å²) in [5.41, 5.74) is 1.21. The van der Waals surface area contributed by atoms with E-state index in [-0.39, 0.29) is 5.75 Å². The third-order valence-electron chi connectivity index (χ3n) is 3.17. The maximum absolute atomic E-state index is 13.5. The molecule has 2 aromatic carbocycles. The van der Waals surface area contributed by atoms with E-state index in [0.29, 0.717) is 23.5 Å². The van der Waals surface area contributed by atoms with Gasteiger partial charge in [0.25, 0.3) is 0 Å². The first kappa shape index (κ1) is 15.3. The Morgan fingerprint density at radius 3 is 2.62 bits per heavy atom. The fourth-order valence-electron chi connectivity index (χ4n) is 2.08. The van der Waals surface area contributed by atoms with Gasteiger partial charge in [-0.25, -0.2) is 4.39 Å². The van der Waals surface area contributed by atoms with Crippen molar-refractivity contribution in [2.24, 2.45) is 0 Å². The first-order chi connectivity index (χ1) is 10.2. The van der Waals surface area contributed by atoms with Gasteiger partial charge in [-0.15, -0.1) is 0 Å². The van der Waals surface area contributed by atoms with Gasteiger partial charge in [0.2, 0.25) is 0 Å². The summed E-state index contributed by atoms with van der Waals surface area (Å²) in [6.45, 7) is 2.60. The number of benzene rings is 2. The van der Waals surface area contributed by atoms with E-state index in [1.165, 1.54) is 19.2 Å². The molecule has 0 aliphatic heterocycles. The topological polar surface area (TPSA) is 38.7 Å². The molecular formula is C17H19FO3. The minimum atomic E-state index is -0.896. The van der Waals surface area contributed by atoms with Crippen molar-refractivity contribution in [3.63, 3.8) is 0 Å². The molecule has 0 aliphatic carbocycles. The molecule has 0 saturated carbocycles. The third kappa shape index (κ3) is 3.52. The molecule has 0 bridgehead atoms. The van der Waals surface area contributed by atoms with Crippen molar-refractivity contribution in [3.8, 4) is 11.5 Å². The Bertz CT molecular complexity index is 598. The SMILES string of the molecule is CCCOc1ccccc1C(O)c1ccc(F)c(OC)c1. The van der Waals surface area contributed by atoms with Crippen LogP contribution in [0.15, 0.2) is 42.5 Å². The number of hydrogen-bond acceptors (Lipinski definition) is 3. The fourth-order valence-corrected chi connectivity index (χ4v) is 2.08. The van der Waals surface area contributed by atoms with Gasteiger partial charge in [-0.05, 0) is 30.2 Å². The largest absolute Gasteiger partial charge is 0.494 e. The van der Waals surface area contributed by atoms with Crippen LogP contribution in [0, 0.1) is 5.82 Å². The number of hydrogen-bond donors (Lipinski definition) is 1. The highest BCUT2D eigenvalue weighted by molar-refractivity contribution is 5.42. The standard InChI is InChI=1S/C17H19FO3/c1-3-10-21-15-7-5-4-6-13(15)17(19)12-8-9-14(18)16(11-12)20-2/h4-9,11,17,19H,3,10H2,1-2H3. The van der Waals surface area contributed by atoms with Crippen molar-refractivity contribution < 1.29 is 19.0 Å². The quantitative estimate of drug-likeness (QED) is 0.881. The van der Waals surface area contributed by atoms with Crippen molar-refractivity contribution >= 4 is 0 Å². The Hall–Kier alpha value is -2.07. The number of ether oxygens (including phenoxy) is 2. The van der Waals surface area contributed by atoms with Gasteiger partial charge in [-0.3, -0.25) is 0 Å². The van der Waals surface area contributed by atoms with Gasteiger partial charge in [-0.2, -0.15) is 0 Å². The van der Waals surface area contributed by atoms with Crippen LogP contribution in [0.1, 0.15) is 30.6 Å². The van der Waals surface area contributed by atoms with Gasteiger partial charge in [0.15, 0.2) is 11.6 Å². The summed E-state index contributed by atoms with van der Waals surface area (Å²) in [4.78, 5) is 0. The van der Waals surface area contributed by atoms with Crippen molar-refractivity contribution in [1.29, 1.82) is 0 Å². The van der Waals surface area contributed by atoms with E-state index in [1.54, 1.807) is 12.1 Å². The molecule has 0 spiro atoms. The second-order valence-electron chi connectivity index (χ2n) is 4.68. The molecule has 0 saturated heterocycles. The molecule has 4 heteroatoms. The molecule has 0 aliphatic rings. The molecule has 0 amide bonds. The van der Waals surface area contributed by atoms with E-state index >= 15 is 0 Å². The lowest BCUT2D eigenvalue weighted by molar-refractivity contribution is 0.210. The minimum Gasteiger partial charge on any atom is -0.494 e. The summed E-state index contributed by atoms with van der Waals surface area (Å²) in [6, 6.07) is 11.6. The first-order valence-corrected chi connectivity index (χ1v) is 6.90. The molecule has 21 heavy (non-hydrogen) atoms. The number of halogens is 1. The van der Waals surface area contributed by atoms with Crippen molar-refractivity contribution in [2.45, 2.75) is 19.4 Å².